The van der Waals surface area contributed by atoms with Crippen LogP contribution < -0.4 is 0 Å². The molecule has 0 aliphatic rings. The average Bonchev–Trinajstić information content (AvgIpc) is 2.51. The van der Waals surface area contributed by atoms with Gasteiger partial charge < -0.3 is 0 Å². The van der Waals surface area contributed by atoms with Crippen LogP contribution in [0.2, 0.25) is 0 Å². The maximum atomic E-state index is 10.1. The predicted molar refractivity (Wildman–Crippen MR) is 50.0 cm³/mol. The van der Waals surface area contributed by atoms with E-state index in [1.54, 1.807) is 17.4 Å². The number of carbonyl (C=O) groups excluding carboxylic acids is 1. The minimum absolute atomic E-state index is 0.0197. The summed E-state index contributed by atoms with van der Waals surface area (Å²) in [5.74, 6) is 0.348. The monoisotopic (exact) mass is 181 g/mol. The van der Waals surface area contributed by atoms with Crippen molar-refractivity contribution in [3.8, 4) is 0 Å². The van der Waals surface area contributed by atoms with E-state index in [1.807, 2.05) is 30.7 Å². The minimum Gasteiger partial charge on any atom is -0.211 e. The van der Waals surface area contributed by atoms with E-state index in [0.29, 0.717) is 5.92 Å². The maximum absolute atomic E-state index is 10.1. The highest BCUT2D eigenvalue weighted by atomic mass is 32.1. The lowest BCUT2D eigenvalue weighted by Crippen LogP contribution is -2.01. The van der Waals surface area contributed by atoms with Gasteiger partial charge in [-0.1, -0.05) is 13.8 Å². The molecule has 3 heteroatoms. The van der Waals surface area contributed by atoms with Crippen molar-refractivity contribution in [1.82, 2.24) is 0 Å². The molecule has 0 fully saturated rings. The van der Waals surface area contributed by atoms with Gasteiger partial charge in [-0.05, 0) is 28.3 Å². The molecule has 1 rings (SSSR count). The van der Waals surface area contributed by atoms with E-state index in [1.165, 1.54) is 0 Å². The topological polar surface area (TPSA) is 29.4 Å². The molecule has 0 radical (unpaired) electrons. The Morgan fingerprint density at radius 2 is 2.33 bits per heavy atom. The molecular formula is C9H11NOS. The molecule has 0 unspecified atom stereocenters. The number of rotatable bonds is 3. The molecule has 1 aromatic heterocycles. The molecule has 0 aromatic carbocycles. The van der Waals surface area contributed by atoms with Crippen molar-refractivity contribution in [2.75, 3.05) is 0 Å². The van der Waals surface area contributed by atoms with E-state index in [-0.39, 0.29) is 6.04 Å². The second kappa shape index (κ2) is 4.19. The summed E-state index contributed by atoms with van der Waals surface area (Å²) in [4.78, 5) is 13.9. The lowest BCUT2D eigenvalue weighted by molar-refractivity contribution is 0.503. The summed E-state index contributed by atoms with van der Waals surface area (Å²) in [6.07, 6.45) is 1.62. The molecule has 0 saturated carbocycles. The summed E-state index contributed by atoms with van der Waals surface area (Å²) in [6, 6.07) is 1.98. The van der Waals surface area contributed by atoms with Crippen LogP contribution in [-0.2, 0) is 4.79 Å². The second-order valence-corrected chi connectivity index (χ2v) is 3.75. The Balaban J connectivity index is 2.87. The Hall–Kier alpha value is -0.920. The van der Waals surface area contributed by atoms with Gasteiger partial charge >= 0.3 is 0 Å². The Morgan fingerprint density at radius 1 is 1.58 bits per heavy atom. The number of aliphatic imine (C=N–C) groups is 1. The van der Waals surface area contributed by atoms with E-state index in [0.717, 1.165) is 5.56 Å². The van der Waals surface area contributed by atoms with Crippen LogP contribution in [0.4, 0.5) is 0 Å². The first-order chi connectivity index (χ1) is 5.75. The van der Waals surface area contributed by atoms with Crippen LogP contribution in [0.3, 0.4) is 0 Å². The number of nitrogens with zero attached hydrogens (tertiary/aromatic N) is 1. The number of hydrogen-bond acceptors (Lipinski definition) is 3. The van der Waals surface area contributed by atoms with Gasteiger partial charge in [-0.25, -0.2) is 4.79 Å². The molecule has 12 heavy (non-hydrogen) atoms. The van der Waals surface area contributed by atoms with Crippen molar-refractivity contribution in [3.05, 3.63) is 22.4 Å². The summed E-state index contributed by atoms with van der Waals surface area (Å²) in [5, 5.41) is 4.01. The van der Waals surface area contributed by atoms with E-state index >= 15 is 0 Å². The van der Waals surface area contributed by atoms with Gasteiger partial charge in [0.15, 0.2) is 0 Å². The zero-order valence-corrected chi connectivity index (χ0v) is 7.97. The Kier molecular flexibility index (Phi) is 3.20. The van der Waals surface area contributed by atoms with E-state index in [9.17, 15) is 4.79 Å². The highest BCUT2D eigenvalue weighted by molar-refractivity contribution is 7.07. The number of thiophene rings is 1. The zero-order chi connectivity index (χ0) is 8.97. The van der Waals surface area contributed by atoms with E-state index in [2.05, 4.69) is 4.99 Å². The van der Waals surface area contributed by atoms with Gasteiger partial charge in [0.05, 0.1) is 6.04 Å². The van der Waals surface area contributed by atoms with Gasteiger partial charge in [0.1, 0.15) is 0 Å². The zero-order valence-electron chi connectivity index (χ0n) is 7.15. The summed E-state index contributed by atoms with van der Waals surface area (Å²) >= 11 is 1.62. The van der Waals surface area contributed by atoms with Crippen LogP contribution in [0.1, 0.15) is 25.5 Å². The van der Waals surface area contributed by atoms with Crippen LogP contribution in [0.5, 0.6) is 0 Å². The summed E-state index contributed by atoms with van der Waals surface area (Å²) in [7, 11) is 0. The standard InChI is InChI=1S/C9H11NOS/c1-7(2)9(10-6-11)8-3-4-12-5-8/h3-5,7,9H,1-2H3/t9-/m0/s1. The van der Waals surface area contributed by atoms with Crippen LogP contribution in [-0.4, -0.2) is 6.08 Å². The lowest BCUT2D eigenvalue weighted by atomic mass is 10.00. The Labute approximate surface area is 76.0 Å². The third-order valence-corrected chi connectivity index (χ3v) is 2.41. The largest absolute Gasteiger partial charge is 0.235 e. The molecule has 64 valence electrons. The molecule has 0 bridgehead atoms. The average molecular weight is 181 g/mol. The van der Waals surface area contributed by atoms with Crippen molar-refractivity contribution in [2.24, 2.45) is 10.9 Å². The first kappa shape index (κ1) is 9.17. The van der Waals surface area contributed by atoms with Gasteiger partial charge in [-0.15, -0.1) is 0 Å². The summed E-state index contributed by atoms with van der Waals surface area (Å²) < 4.78 is 0. The third kappa shape index (κ3) is 2.03. The van der Waals surface area contributed by atoms with Gasteiger partial charge in [0, 0.05) is 0 Å². The number of hydrogen-bond donors (Lipinski definition) is 0. The van der Waals surface area contributed by atoms with Crippen molar-refractivity contribution >= 4 is 17.4 Å². The van der Waals surface area contributed by atoms with Gasteiger partial charge in [0.25, 0.3) is 0 Å². The van der Waals surface area contributed by atoms with Gasteiger partial charge in [-0.2, -0.15) is 16.3 Å². The first-order valence-corrected chi connectivity index (χ1v) is 4.79. The smallest absolute Gasteiger partial charge is 0.211 e. The summed E-state index contributed by atoms with van der Waals surface area (Å²) in [5.41, 5.74) is 1.11. The lowest BCUT2D eigenvalue weighted by Gasteiger charge is -2.11. The first-order valence-electron chi connectivity index (χ1n) is 3.84. The molecule has 0 N–H and O–H groups in total. The molecule has 2 nitrogen and oxygen atoms in total. The third-order valence-electron chi connectivity index (χ3n) is 1.71. The quantitative estimate of drug-likeness (QED) is 0.520. The van der Waals surface area contributed by atoms with Crippen molar-refractivity contribution in [1.29, 1.82) is 0 Å². The Morgan fingerprint density at radius 3 is 2.75 bits per heavy atom. The molecule has 0 aliphatic heterocycles. The van der Waals surface area contributed by atoms with Crippen molar-refractivity contribution in [3.63, 3.8) is 0 Å². The van der Waals surface area contributed by atoms with Crippen molar-refractivity contribution in [2.45, 2.75) is 19.9 Å². The fourth-order valence-electron chi connectivity index (χ4n) is 1.11. The van der Waals surface area contributed by atoms with Crippen LogP contribution in [0, 0.1) is 5.92 Å². The van der Waals surface area contributed by atoms with E-state index in [4.69, 9.17) is 0 Å². The fourth-order valence-corrected chi connectivity index (χ4v) is 1.80. The Bertz CT molecular complexity index is 273. The molecule has 1 aromatic rings. The second-order valence-electron chi connectivity index (χ2n) is 2.97. The summed E-state index contributed by atoms with van der Waals surface area (Å²) in [6.45, 7) is 4.09. The molecule has 0 amide bonds. The molecule has 1 atom stereocenters. The van der Waals surface area contributed by atoms with Crippen LogP contribution >= 0.6 is 11.3 Å². The van der Waals surface area contributed by atoms with E-state index < -0.39 is 0 Å². The molecular weight excluding hydrogens is 170 g/mol. The fraction of sp³-hybridized carbons (Fsp3) is 0.444. The van der Waals surface area contributed by atoms with Crippen LogP contribution in [0.25, 0.3) is 0 Å². The molecule has 0 aliphatic carbocycles. The van der Waals surface area contributed by atoms with Gasteiger partial charge in [0.2, 0.25) is 6.08 Å². The van der Waals surface area contributed by atoms with Crippen LogP contribution in [0.15, 0.2) is 21.8 Å². The highest BCUT2D eigenvalue weighted by Gasteiger charge is 2.14. The SMILES string of the molecule is CC(C)[C@H](N=C=O)c1ccsc1. The van der Waals surface area contributed by atoms with Gasteiger partial charge in [-0.3, -0.25) is 0 Å². The maximum Gasteiger partial charge on any atom is 0.235 e. The number of isocyanates is 1. The molecule has 0 spiro atoms. The molecule has 1 heterocycles. The van der Waals surface area contributed by atoms with Crippen molar-refractivity contribution < 1.29 is 4.79 Å². The minimum atomic E-state index is -0.0197. The predicted octanol–water partition coefficient (Wildman–Crippen LogP) is 2.78. The highest BCUT2D eigenvalue weighted by Crippen LogP contribution is 2.26. The molecule has 0 saturated heterocycles. The normalized spacial score (nSPS) is 12.6.